The molecule has 1 aliphatic heterocycles. The van der Waals surface area contributed by atoms with Gasteiger partial charge in [0, 0.05) is 25.8 Å². The van der Waals surface area contributed by atoms with Gasteiger partial charge < -0.3 is 15.0 Å². The van der Waals surface area contributed by atoms with E-state index in [-0.39, 0.29) is 5.91 Å². The molecule has 0 spiro atoms. The molecule has 1 aliphatic rings. The van der Waals surface area contributed by atoms with E-state index in [1.807, 2.05) is 42.6 Å². The van der Waals surface area contributed by atoms with Crippen LogP contribution in [0.25, 0.3) is 11.8 Å². The molecule has 0 aliphatic carbocycles. The van der Waals surface area contributed by atoms with Crippen molar-refractivity contribution in [3.63, 3.8) is 0 Å². The molecular weight excluding hydrogens is 394 g/mol. The molecule has 1 saturated heterocycles. The Hall–Kier alpha value is -3.75. The van der Waals surface area contributed by atoms with Gasteiger partial charge in [-0.2, -0.15) is 4.68 Å². The van der Waals surface area contributed by atoms with Crippen LogP contribution in [-0.4, -0.2) is 51.3 Å². The number of nitrogens with zero attached hydrogens (tertiary/aromatic N) is 6. The molecule has 160 valence electrons. The maximum absolute atomic E-state index is 13.0. The number of pyridine rings is 1. The lowest BCUT2D eigenvalue weighted by atomic mass is 10.1. The van der Waals surface area contributed by atoms with Gasteiger partial charge in [0.25, 0.3) is 5.91 Å². The third-order valence-corrected chi connectivity index (χ3v) is 5.18. The van der Waals surface area contributed by atoms with Crippen LogP contribution in [-0.2, 0) is 11.3 Å². The highest BCUT2D eigenvalue weighted by Crippen LogP contribution is 2.19. The summed E-state index contributed by atoms with van der Waals surface area (Å²) in [6, 6.07) is 11.4. The summed E-state index contributed by atoms with van der Waals surface area (Å²) in [6.07, 6.45) is 5.95. The summed E-state index contributed by atoms with van der Waals surface area (Å²) in [6.45, 7) is 4.19. The number of anilines is 1. The van der Waals surface area contributed by atoms with Gasteiger partial charge in [0.2, 0.25) is 0 Å². The lowest BCUT2D eigenvalue weighted by Gasteiger charge is -2.16. The molecule has 4 rings (SSSR count). The SMILES string of the molecule is COc1cccc(/C=C(/C(=O)NCc2ccc(N3CCCC3)nc2)n2nnnc2C)c1. The second-order valence-electron chi connectivity index (χ2n) is 7.35. The van der Waals surface area contributed by atoms with Crippen molar-refractivity contribution in [2.24, 2.45) is 0 Å². The second kappa shape index (κ2) is 9.38. The zero-order valence-electron chi connectivity index (χ0n) is 17.7. The highest BCUT2D eigenvalue weighted by Gasteiger charge is 2.17. The van der Waals surface area contributed by atoms with Crippen LogP contribution in [0.5, 0.6) is 5.75 Å². The van der Waals surface area contributed by atoms with Crippen molar-refractivity contribution in [3.8, 4) is 5.75 Å². The number of carbonyl (C=O) groups is 1. The van der Waals surface area contributed by atoms with E-state index >= 15 is 0 Å². The second-order valence-corrected chi connectivity index (χ2v) is 7.35. The smallest absolute Gasteiger partial charge is 0.270 e. The number of aromatic nitrogens is 5. The van der Waals surface area contributed by atoms with Gasteiger partial charge in [0.05, 0.1) is 7.11 Å². The first-order valence-electron chi connectivity index (χ1n) is 10.2. The lowest BCUT2D eigenvalue weighted by Crippen LogP contribution is -2.27. The van der Waals surface area contributed by atoms with Crippen molar-refractivity contribution in [2.45, 2.75) is 26.3 Å². The molecule has 3 heterocycles. The lowest BCUT2D eigenvalue weighted by molar-refractivity contribution is -0.116. The quantitative estimate of drug-likeness (QED) is 0.587. The molecule has 1 amide bonds. The summed E-state index contributed by atoms with van der Waals surface area (Å²) < 4.78 is 6.70. The number of amides is 1. The summed E-state index contributed by atoms with van der Waals surface area (Å²) in [5.74, 6) is 1.91. The Balaban J connectivity index is 1.51. The van der Waals surface area contributed by atoms with Crippen molar-refractivity contribution >= 4 is 23.5 Å². The fraction of sp³-hybridized carbons (Fsp3) is 0.318. The molecule has 0 bridgehead atoms. The number of rotatable bonds is 7. The molecule has 1 aromatic carbocycles. The summed E-state index contributed by atoms with van der Waals surface area (Å²) in [5.41, 5.74) is 2.04. The molecule has 3 aromatic rings. The summed E-state index contributed by atoms with van der Waals surface area (Å²) >= 11 is 0. The molecular formula is C22H25N7O2. The highest BCUT2D eigenvalue weighted by atomic mass is 16.5. The molecule has 0 unspecified atom stereocenters. The van der Waals surface area contributed by atoms with Gasteiger partial charge in [-0.3, -0.25) is 4.79 Å². The Labute approximate surface area is 180 Å². The summed E-state index contributed by atoms with van der Waals surface area (Å²) in [5, 5.41) is 14.5. The Morgan fingerprint density at radius 3 is 2.74 bits per heavy atom. The Morgan fingerprint density at radius 2 is 2.06 bits per heavy atom. The van der Waals surface area contributed by atoms with Crippen LogP contribution in [0.15, 0.2) is 42.6 Å². The predicted molar refractivity (Wildman–Crippen MR) is 117 cm³/mol. The minimum Gasteiger partial charge on any atom is -0.497 e. The standard InChI is InChI=1S/C22H25N7O2/c1-16-25-26-27-29(16)20(13-17-6-5-7-19(12-17)31-2)22(30)24-15-18-8-9-21(23-14-18)28-10-3-4-11-28/h5-9,12-14H,3-4,10-11,15H2,1-2H3,(H,24,30)/b20-13-. The van der Waals surface area contributed by atoms with E-state index in [2.05, 4.69) is 30.7 Å². The predicted octanol–water partition coefficient (Wildman–Crippen LogP) is 2.30. The van der Waals surface area contributed by atoms with Crippen LogP contribution in [0.3, 0.4) is 0 Å². The van der Waals surface area contributed by atoms with E-state index in [0.29, 0.717) is 23.8 Å². The van der Waals surface area contributed by atoms with Crippen LogP contribution < -0.4 is 15.0 Å². The number of tetrazole rings is 1. The Bertz CT molecular complexity index is 1070. The number of nitrogens with one attached hydrogen (secondary N) is 1. The zero-order chi connectivity index (χ0) is 21.6. The maximum atomic E-state index is 13.0. The average molecular weight is 419 g/mol. The molecule has 1 fully saturated rings. The minimum absolute atomic E-state index is 0.290. The van der Waals surface area contributed by atoms with Crippen molar-refractivity contribution < 1.29 is 9.53 Å². The van der Waals surface area contributed by atoms with Crippen LogP contribution >= 0.6 is 0 Å². The van der Waals surface area contributed by atoms with Crippen molar-refractivity contribution in [1.82, 2.24) is 30.5 Å². The molecule has 9 heteroatoms. The summed E-state index contributed by atoms with van der Waals surface area (Å²) in [4.78, 5) is 19.9. The third kappa shape index (κ3) is 4.88. The van der Waals surface area contributed by atoms with Gasteiger partial charge >= 0.3 is 0 Å². The van der Waals surface area contributed by atoms with Gasteiger partial charge in [-0.25, -0.2) is 4.98 Å². The molecule has 1 N–H and O–H groups in total. The third-order valence-electron chi connectivity index (χ3n) is 5.18. The highest BCUT2D eigenvalue weighted by molar-refractivity contribution is 6.18. The number of ether oxygens (including phenoxy) is 1. The summed E-state index contributed by atoms with van der Waals surface area (Å²) in [7, 11) is 1.60. The fourth-order valence-corrected chi connectivity index (χ4v) is 3.49. The van der Waals surface area contributed by atoms with Crippen molar-refractivity contribution in [3.05, 3.63) is 59.5 Å². The van der Waals surface area contributed by atoms with Crippen LogP contribution in [0, 0.1) is 6.92 Å². The largest absolute Gasteiger partial charge is 0.497 e. The van der Waals surface area contributed by atoms with Gasteiger partial charge in [-0.05, 0) is 65.6 Å². The molecule has 0 radical (unpaired) electrons. The number of methoxy groups -OCH3 is 1. The zero-order valence-corrected chi connectivity index (χ0v) is 17.7. The van der Waals surface area contributed by atoms with Crippen LogP contribution in [0.1, 0.15) is 29.8 Å². The van der Waals surface area contributed by atoms with Crippen LogP contribution in [0.2, 0.25) is 0 Å². The van der Waals surface area contributed by atoms with E-state index < -0.39 is 0 Å². The van der Waals surface area contributed by atoms with Gasteiger partial charge in [0.1, 0.15) is 17.3 Å². The molecule has 0 atom stereocenters. The average Bonchev–Trinajstić information content (AvgIpc) is 3.48. The first kappa shape index (κ1) is 20.5. The number of hydrogen-bond donors (Lipinski definition) is 1. The van der Waals surface area contributed by atoms with E-state index in [9.17, 15) is 4.79 Å². The number of benzene rings is 1. The van der Waals surface area contributed by atoms with Gasteiger partial charge in [-0.1, -0.05) is 18.2 Å². The fourth-order valence-electron chi connectivity index (χ4n) is 3.49. The van der Waals surface area contributed by atoms with E-state index in [0.717, 1.165) is 30.0 Å². The molecule has 9 nitrogen and oxygen atoms in total. The van der Waals surface area contributed by atoms with Gasteiger partial charge in [-0.15, -0.1) is 5.10 Å². The van der Waals surface area contributed by atoms with Crippen molar-refractivity contribution in [1.29, 1.82) is 0 Å². The number of aryl methyl sites for hydroxylation is 1. The minimum atomic E-state index is -0.290. The maximum Gasteiger partial charge on any atom is 0.270 e. The Morgan fingerprint density at radius 1 is 1.23 bits per heavy atom. The number of hydrogen-bond acceptors (Lipinski definition) is 7. The normalized spacial score (nSPS) is 14.0. The molecule has 0 saturated carbocycles. The monoisotopic (exact) mass is 419 g/mol. The molecule has 31 heavy (non-hydrogen) atoms. The van der Waals surface area contributed by atoms with Crippen LogP contribution in [0.4, 0.5) is 5.82 Å². The Kier molecular flexibility index (Phi) is 6.21. The topological polar surface area (TPSA) is 98.1 Å². The number of carbonyl (C=O) groups excluding carboxylic acids is 1. The van der Waals surface area contributed by atoms with E-state index in [4.69, 9.17) is 4.74 Å². The van der Waals surface area contributed by atoms with E-state index in [1.54, 1.807) is 20.1 Å². The molecule has 2 aromatic heterocycles. The van der Waals surface area contributed by atoms with Gasteiger partial charge in [0.15, 0.2) is 5.82 Å². The van der Waals surface area contributed by atoms with E-state index in [1.165, 1.54) is 17.5 Å². The first-order valence-corrected chi connectivity index (χ1v) is 10.2. The van der Waals surface area contributed by atoms with Crippen molar-refractivity contribution in [2.75, 3.05) is 25.1 Å². The first-order chi connectivity index (χ1) is 15.1.